The van der Waals surface area contributed by atoms with Gasteiger partial charge in [-0.25, -0.2) is 0 Å². The van der Waals surface area contributed by atoms with Crippen molar-refractivity contribution >= 4 is 5.96 Å². The number of hydrogen-bond acceptors (Lipinski definition) is 4. The average molecular weight is 386 g/mol. The van der Waals surface area contributed by atoms with Gasteiger partial charge in [0.25, 0.3) is 0 Å². The summed E-state index contributed by atoms with van der Waals surface area (Å²) in [5.74, 6) is 3.21. The Bertz CT molecular complexity index is 762. The summed E-state index contributed by atoms with van der Waals surface area (Å²) in [5, 5.41) is 6.67. The zero-order valence-electron chi connectivity index (χ0n) is 17.2. The van der Waals surface area contributed by atoms with E-state index in [4.69, 9.17) is 14.2 Å². The molecular weight excluding hydrogens is 354 g/mol. The minimum Gasteiger partial charge on any atom is -0.496 e. The van der Waals surface area contributed by atoms with Crippen molar-refractivity contribution in [1.82, 2.24) is 10.6 Å². The van der Waals surface area contributed by atoms with E-state index in [0.717, 1.165) is 48.2 Å². The molecule has 152 valence electrons. The molecule has 0 bridgehead atoms. The van der Waals surface area contributed by atoms with Crippen LogP contribution in [0.1, 0.15) is 24.5 Å². The molecule has 0 amide bonds. The van der Waals surface area contributed by atoms with E-state index in [1.54, 1.807) is 21.3 Å². The highest BCUT2D eigenvalue weighted by atomic mass is 16.5. The van der Waals surface area contributed by atoms with E-state index in [9.17, 15) is 0 Å². The van der Waals surface area contributed by atoms with Crippen molar-refractivity contribution in [3.8, 4) is 17.2 Å². The van der Waals surface area contributed by atoms with E-state index < -0.39 is 0 Å². The molecule has 2 N–H and O–H groups in total. The second-order valence-corrected chi connectivity index (χ2v) is 6.19. The molecule has 0 unspecified atom stereocenters. The number of guanidine groups is 1. The van der Waals surface area contributed by atoms with Crippen LogP contribution in [0.25, 0.3) is 0 Å². The first-order chi connectivity index (χ1) is 13.7. The number of aliphatic imine (C=N–C) groups is 1. The fraction of sp³-hybridized carbons (Fsp3) is 0.409. The van der Waals surface area contributed by atoms with E-state index in [2.05, 4.69) is 27.8 Å². The number of hydrogen-bond donors (Lipinski definition) is 2. The van der Waals surface area contributed by atoms with Gasteiger partial charge in [0.15, 0.2) is 17.5 Å². The molecule has 28 heavy (non-hydrogen) atoms. The normalized spacial score (nSPS) is 11.1. The summed E-state index contributed by atoms with van der Waals surface area (Å²) in [5.41, 5.74) is 2.32. The standard InChI is InChI=1S/C22H31N3O3/c1-5-28-21-15-17(12-13-20(21)27-4)9-8-14-24-22(23-2)25-16-18-10-6-7-11-19(18)26-3/h6-7,10-13,15H,5,8-9,14,16H2,1-4H3,(H2,23,24,25). The third kappa shape index (κ3) is 6.37. The number of benzene rings is 2. The number of nitrogens with zero attached hydrogens (tertiary/aromatic N) is 1. The van der Waals surface area contributed by atoms with E-state index in [1.165, 1.54) is 5.56 Å². The quantitative estimate of drug-likeness (QED) is 0.373. The summed E-state index contributed by atoms with van der Waals surface area (Å²) < 4.78 is 16.4. The van der Waals surface area contributed by atoms with Crippen LogP contribution in [0, 0.1) is 0 Å². The Kier molecular flexibility index (Phi) is 8.98. The third-order valence-corrected chi connectivity index (χ3v) is 4.32. The molecule has 0 aliphatic rings. The van der Waals surface area contributed by atoms with Crippen molar-refractivity contribution in [2.75, 3.05) is 34.4 Å². The minimum atomic E-state index is 0.621. The lowest BCUT2D eigenvalue weighted by Crippen LogP contribution is -2.37. The molecule has 2 rings (SSSR count). The lowest BCUT2D eigenvalue weighted by molar-refractivity contribution is 0.310. The second kappa shape index (κ2) is 11.7. The van der Waals surface area contributed by atoms with Crippen LogP contribution in [0.4, 0.5) is 0 Å². The van der Waals surface area contributed by atoms with Gasteiger partial charge in [-0.1, -0.05) is 24.3 Å². The molecule has 0 radical (unpaired) electrons. The van der Waals surface area contributed by atoms with Crippen LogP contribution in [0.3, 0.4) is 0 Å². The maximum atomic E-state index is 5.64. The Balaban J connectivity index is 1.79. The predicted molar refractivity (Wildman–Crippen MR) is 114 cm³/mol. The molecule has 6 heteroatoms. The number of nitrogens with one attached hydrogen (secondary N) is 2. The third-order valence-electron chi connectivity index (χ3n) is 4.32. The van der Waals surface area contributed by atoms with E-state index in [0.29, 0.717) is 13.2 Å². The molecule has 0 aromatic heterocycles. The molecule has 0 aliphatic heterocycles. The van der Waals surface area contributed by atoms with Crippen LogP contribution in [0.5, 0.6) is 17.2 Å². The summed E-state index contributed by atoms with van der Waals surface area (Å²) in [6.45, 7) is 4.07. The first-order valence-corrected chi connectivity index (χ1v) is 9.58. The average Bonchev–Trinajstić information content (AvgIpc) is 2.74. The van der Waals surface area contributed by atoms with Gasteiger partial charge in [0.1, 0.15) is 5.75 Å². The summed E-state index contributed by atoms with van der Waals surface area (Å²) in [7, 11) is 5.11. The zero-order chi connectivity index (χ0) is 20.2. The highest BCUT2D eigenvalue weighted by Gasteiger charge is 2.06. The van der Waals surface area contributed by atoms with Gasteiger partial charge in [-0.3, -0.25) is 4.99 Å². The predicted octanol–water partition coefficient (Wildman–Crippen LogP) is 3.40. The molecule has 6 nitrogen and oxygen atoms in total. The maximum Gasteiger partial charge on any atom is 0.191 e. The lowest BCUT2D eigenvalue weighted by atomic mass is 10.1. The Morgan fingerprint density at radius 1 is 0.964 bits per heavy atom. The molecule has 2 aromatic rings. The first-order valence-electron chi connectivity index (χ1n) is 9.58. The van der Waals surface area contributed by atoms with Crippen LogP contribution in [0.15, 0.2) is 47.5 Å². The molecule has 0 saturated heterocycles. The minimum absolute atomic E-state index is 0.621. The van der Waals surface area contributed by atoms with E-state index in [1.807, 2.05) is 37.3 Å². The summed E-state index contributed by atoms with van der Waals surface area (Å²) >= 11 is 0. The lowest BCUT2D eigenvalue weighted by Gasteiger charge is -2.14. The highest BCUT2D eigenvalue weighted by Crippen LogP contribution is 2.28. The molecule has 0 aliphatic carbocycles. The van der Waals surface area contributed by atoms with E-state index >= 15 is 0 Å². The van der Waals surface area contributed by atoms with Crippen LogP contribution in [-0.4, -0.2) is 40.4 Å². The second-order valence-electron chi connectivity index (χ2n) is 6.19. The Morgan fingerprint density at radius 3 is 2.46 bits per heavy atom. The van der Waals surface area contributed by atoms with Gasteiger partial charge in [0.2, 0.25) is 0 Å². The van der Waals surface area contributed by atoms with Gasteiger partial charge in [0.05, 0.1) is 20.8 Å². The van der Waals surface area contributed by atoms with Gasteiger partial charge < -0.3 is 24.8 Å². The number of rotatable bonds is 10. The van der Waals surface area contributed by atoms with Crippen molar-refractivity contribution in [3.05, 3.63) is 53.6 Å². The number of ether oxygens (including phenoxy) is 3. The summed E-state index contributed by atoms with van der Waals surface area (Å²) in [6.07, 6.45) is 1.92. The Hall–Kier alpha value is -2.89. The van der Waals surface area contributed by atoms with Gasteiger partial charge in [-0.2, -0.15) is 0 Å². The fourth-order valence-corrected chi connectivity index (χ4v) is 2.89. The van der Waals surface area contributed by atoms with Gasteiger partial charge >= 0.3 is 0 Å². The molecule has 0 fully saturated rings. The zero-order valence-corrected chi connectivity index (χ0v) is 17.2. The maximum absolute atomic E-state index is 5.64. The largest absolute Gasteiger partial charge is 0.496 e. The Labute approximate surface area is 167 Å². The first kappa shape index (κ1) is 21.4. The van der Waals surface area contributed by atoms with E-state index in [-0.39, 0.29) is 0 Å². The summed E-state index contributed by atoms with van der Waals surface area (Å²) in [6, 6.07) is 14.1. The van der Waals surface area contributed by atoms with Gasteiger partial charge in [-0.05, 0) is 43.5 Å². The molecule has 2 aromatic carbocycles. The van der Waals surface area contributed by atoms with Gasteiger partial charge in [0, 0.05) is 25.7 Å². The molecule has 0 saturated carbocycles. The van der Waals surface area contributed by atoms with Crippen molar-refractivity contribution in [2.45, 2.75) is 26.3 Å². The van der Waals surface area contributed by atoms with Crippen molar-refractivity contribution in [2.24, 2.45) is 4.99 Å². The monoisotopic (exact) mass is 385 g/mol. The number of methoxy groups -OCH3 is 2. The summed E-state index contributed by atoms with van der Waals surface area (Å²) in [4.78, 5) is 4.28. The van der Waals surface area contributed by atoms with Crippen molar-refractivity contribution < 1.29 is 14.2 Å². The topological polar surface area (TPSA) is 64.1 Å². The molecular formula is C22H31N3O3. The number of para-hydroxylation sites is 1. The van der Waals surface area contributed by atoms with Crippen LogP contribution in [0.2, 0.25) is 0 Å². The smallest absolute Gasteiger partial charge is 0.191 e. The highest BCUT2D eigenvalue weighted by molar-refractivity contribution is 5.79. The SMILES string of the molecule is CCOc1cc(CCCNC(=NC)NCc2ccccc2OC)ccc1OC. The molecule has 0 heterocycles. The van der Waals surface area contributed by atoms with Crippen LogP contribution < -0.4 is 24.8 Å². The van der Waals surface area contributed by atoms with Gasteiger partial charge in [-0.15, -0.1) is 0 Å². The molecule has 0 atom stereocenters. The van der Waals surface area contributed by atoms with Crippen molar-refractivity contribution in [3.63, 3.8) is 0 Å². The van der Waals surface area contributed by atoms with Crippen molar-refractivity contribution in [1.29, 1.82) is 0 Å². The number of aryl methyl sites for hydroxylation is 1. The molecule has 0 spiro atoms. The Morgan fingerprint density at radius 2 is 1.75 bits per heavy atom. The van der Waals surface area contributed by atoms with Crippen LogP contribution >= 0.6 is 0 Å². The fourth-order valence-electron chi connectivity index (χ4n) is 2.89. The van der Waals surface area contributed by atoms with Crippen LogP contribution in [-0.2, 0) is 13.0 Å².